The van der Waals surface area contributed by atoms with Crippen LogP contribution in [0.2, 0.25) is 0 Å². The first-order valence-electron chi connectivity index (χ1n) is 7.35. The zero-order valence-corrected chi connectivity index (χ0v) is 13.9. The van der Waals surface area contributed by atoms with Crippen LogP contribution in [0.4, 0.5) is 0 Å². The molecule has 1 unspecified atom stereocenters. The fourth-order valence-electron chi connectivity index (χ4n) is 2.62. The summed E-state index contributed by atoms with van der Waals surface area (Å²) in [4.78, 5) is 12.3. The van der Waals surface area contributed by atoms with Crippen LogP contribution in [0, 0.1) is 6.92 Å². The highest BCUT2D eigenvalue weighted by Gasteiger charge is 2.20. The third-order valence-electron chi connectivity index (χ3n) is 3.83. The van der Waals surface area contributed by atoms with Gasteiger partial charge in [0.25, 0.3) is 5.91 Å². The van der Waals surface area contributed by atoms with E-state index in [1.807, 2.05) is 31.2 Å². The van der Waals surface area contributed by atoms with Crippen LogP contribution in [0.1, 0.15) is 29.0 Å². The summed E-state index contributed by atoms with van der Waals surface area (Å²) in [6, 6.07) is 8.09. The van der Waals surface area contributed by atoms with E-state index in [9.17, 15) is 4.79 Å². The zero-order valence-electron chi connectivity index (χ0n) is 12.3. The van der Waals surface area contributed by atoms with Crippen molar-refractivity contribution < 1.29 is 4.79 Å². The molecule has 0 saturated carbocycles. The molecule has 6 nitrogen and oxygen atoms in total. The van der Waals surface area contributed by atoms with Gasteiger partial charge in [0.2, 0.25) is 0 Å². The van der Waals surface area contributed by atoms with Crippen LogP contribution in [0.5, 0.6) is 0 Å². The summed E-state index contributed by atoms with van der Waals surface area (Å²) in [6.07, 6.45) is 2.27. The highest BCUT2D eigenvalue weighted by Crippen LogP contribution is 2.17. The Morgan fingerprint density at radius 3 is 3.14 bits per heavy atom. The van der Waals surface area contributed by atoms with Gasteiger partial charge in [0.1, 0.15) is 0 Å². The Labute approximate surface area is 137 Å². The predicted octanol–water partition coefficient (Wildman–Crippen LogP) is 1.82. The summed E-state index contributed by atoms with van der Waals surface area (Å²) in [6.45, 7) is 3.50. The Morgan fingerprint density at radius 1 is 1.55 bits per heavy atom. The van der Waals surface area contributed by atoms with Gasteiger partial charge in [-0.1, -0.05) is 27.2 Å². The standard InChI is InChI=1S/C15H18BrN5O/c1-10-14(15(22)18-9-12-5-3-7-17-12)19-20-21(10)13-6-2-4-11(16)8-13/h2,4,6,8,12,17H,3,5,7,9H2,1H3,(H,18,22). The summed E-state index contributed by atoms with van der Waals surface area (Å²) in [5, 5.41) is 14.4. The molecule has 1 fully saturated rings. The molecule has 116 valence electrons. The number of benzene rings is 1. The van der Waals surface area contributed by atoms with Gasteiger partial charge in [-0.3, -0.25) is 4.79 Å². The minimum Gasteiger partial charge on any atom is -0.349 e. The maximum absolute atomic E-state index is 12.3. The number of aromatic nitrogens is 3. The molecule has 1 atom stereocenters. The van der Waals surface area contributed by atoms with Crippen molar-refractivity contribution in [2.24, 2.45) is 0 Å². The van der Waals surface area contributed by atoms with Gasteiger partial charge in [0.05, 0.1) is 11.4 Å². The molecule has 1 aliphatic heterocycles. The van der Waals surface area contributed by atoms with Crippen LogP contribution in [-0.2, 0) is 0 Å². The molecule has 0 radical (unpaired) electrons. The van der Waals surface area contributed by atoms with Crippen LogP contribution in [0.15, 0.2) is 28.7 Å². The molecule has 1 amide bonds. The Hall–Kier alpha value is -1.73. The van der Waals surface area contributed by atoms with Gasteiger partial charge >= 0.3 is 0 Å². The number of carbonyl (C=O) groups excluding carboxylic acids is 1. The van der Waals surface area contributed by atoms with Crippen LogP contribution >= 0.6 is 15.9 Å². The van der Waals surface area contributed by atoms with Gasteiger partial charge in [-0.2, -0.15) is 0 Å². The van der Waals surface area contributed by atoms with Crippen molar-refractivity contribution in [2.75, 3.05) is 13.1 Å². The number of nitrogens with zero attached hydrogens (tertiary/aromatic N) is 3. The predicted molar refractivity (Wildman–Crippen MR) is 87.2 cm³/mol. The first kappa shape index (κ1) is 15.2. The lowest BCUT2D eigenvalue weighted by Gasteiger charge is -2.10. The highest BCUT2D eigenvalue weighted by atomic mass is 79.9. The number of halogens is 1. The van der Waals surface area contributed by atoms with Crippen molar-refractivity contribution in [3.05, 3.63) is 40.1 Å². The third-order valence-corrected chi connectivity index (χ3v) is 4.33. The number of carbonyl (C=O) groups is 1. The number of hydrogen-bond acceptors (Lipinski definition) is 4. The van der Waals surface area contributed by atoms with Crippen LogP contribution < -0.4 is 10.6 Å². The lowest BCUT2D eigenvalue weighted by Crippen LogP contribution is -2.37. The second kappa shape index (κ2) is 6.58. The molecule has 0 spiro atoms. The summed E-state index contributed by atoms with van der Waals surface area (Å²) >= 11 is 3.43. The lowest BCUT2D eigenvalue weighted by atomic mass is 10.2. The van der Waals surface area contributed by atoms with Crippen molar-refractivity contribution in [3.63, 3.8) is 0 Å². The van der Waals surface area contributed by atoms with E-state index in [1.165, 1.54) is 6.42 Å². The molecule has 3 rings (SSSR count). The number of nitrogens with one attached hydrogen (secondary N) is 2. The molecule has 2 aromatic rings. The molecular weight excluding hydrogens is 346 g/mol. The zero-order chi connectivity index (χ0) is 15.5. The monoisotopic (exact) mass is 363 g/mol. The van der Waals surface area contributed by atoms with Gasteiger partial charge in [0, 0.05) is 17.1 Å². The van der Waals surface area contributed by atoms with Crippen molar-refractivity contribution >= 4 is 21.8 Å². The number of rotatable bonds is 4. The Kier molecular flexibility index (Phi) is 4.54. The maximum atomic E-state index is 12.3. The topological polar surface area (TPSA) is 71.8 Å². The molecule has 2 N–H and O–H groups in total. The Morgan fingerprint density at radius 2 is 2.41 bits per heavy atom. The molecule has 1 saturated heterocycles. The molecule has 1 aliphatic rings. The van der Waals surface area contributed by atoms with E-state index < -0.39 is 0 Å². The van der Waals surface area contributed by atoms with Crippen molar-refractivity contribution in [1.82, 2.24) is 25.6 Å². The van der Waals surface area contributed by atoms with Crippen molar-refractivity contribution in [2.45, 2.75) is 25.8 Å². The van der Waals surface area contributed by atoms with E-state index in [0.717, 1.165) is 28.8 Å². The molecule has 1 aromatic carbocycles. The molecule has 1 aromatic heterocycles. The van der Waals surface area contributed by atoms with Crippen molar-refractivity contribution in [3.8, 4) is 5.69 Å². The summed E-state index contributed by atoms with van der Waals surface area (Å²) in [7, 11) is 0. The first-order valence-corrected chi connectivity index (χ1v) is 8.14. The second-order valence-corrected chi connectivity index (χ2v) is 6.33. The minimum absolute atomic E-state index is 0.174. The molecule has 7 heteroatoms. The Bertz CT molecular complexity index is 678. The quantitative estimate of drug-likeness (QED) is 0.868. The van der Waals surface area contributed by atoms with E-state index in [1.54, 1.807) is 4.68 Å². The first-order chi connectivity index (χ1) is 10.6. The number of hydrogen-bond donors (Lipinski definition) is 2. The number of amides is 1. The molecule has 0 bridgehead atoms. The second-order valence-electron chi connectivity index (χ2n) is 5.42. The SMILES string of the molecule is Cc1c(C(=O)NCC2CCCN2)nnn1-c1cccc(Br)c1. The van der Waals surface area contributed by atoms with Crippen molar-refractivity contribution in [1.29, 1.82) is 0 Å². The molecule has 2 heterocycles. The van der Waals surface area contributed by atoms with E-state index in [4.69, 9.17) is 0 Å². The van der Waals surface area contributed by atoms with Gasteiger partial charge in [0.15, 0.2) is 5.69 Å². The van der Waals surface area contributed by atoms with Gasteiger partial charge in [-0.05, 0) is 44.5 Å². The van der Waals surface area contributed by atoms with Gasteiger partial charge < -0.3 is 10.6 Å². The minimum atomic E-state index is -0.174. The highest BCUT2D eigenvalue weighted by molar-refractivity contribution is 9.10. The molecule has 22 heavy (non-hydrogen) atoms. The largest absolute Gasteiger partial charge is 0.349 e. The van der Waals surface area contributed by atoms with Gasteiger partial charge in [-0.15, -0.1) is 5.10 Å². The van der Waals surface area contributed by atoms with E-state index >= 15 is 0 Å². The van der Waals surface area contributed by atoms with Gasteiger partial charge in [-0.25, -0.2) is 4.68 Å². The smallest absolute Gasteiger partial charge is 0.273 e. The third kappa shape index (κ3) is 3.20. The van der Waals surface area contributed by atoms with Crippen LogP contribution in [0.25, 0.3) is 5.69 Å². The van der Waals surface area contributed by atoms with E-state index in [-0.39, 0.29) is 5.91 Å². The lowest BCUT2D eigenvalue weighted by molar-refractivity contribution is 0.0944. The maximum Gasteiger partial charge on any atom is 0.273 e. The average molecular weight is 364 g/mol. The van der Waals surface area contributed by atoms with Crippen LogP contribution in [0.3, 0.4) is 0 Å². The fraction of sp³-hybridized carbons (Fsp3) is 0.400. The molecular formula is C15H18BrN5O. The van der Waals surface area contributed by atoms with Crippen LogP contribution in [-0.4, -0.2) is 40.0 Å². The molecule has 0 aliphatic carbocycles. The summed E-state index contributed by atoms with van der Waals surface area (Å²) in [5.41, 5.74) is 1.98. The Balaban J connectivity index is 1.73. The van der Waals surface area contributed by atoms with E-state index in [2.05, 4.69) is 36.9 Å². The fourth-order valence-corrected chi connectivity index (χ4v) is 3.01. The van der Waals surface area contributed by atoms with E-state index in [0.29, 0.717) is 18.3 Å². The summed E-state index contributed by atoms with van der Waals surface area (Å²) in [5.74, 6) is -0.174. The summed E-state index contributed by atoms with van der Waals surface area (Å²) < 4.78 is 2.63. The average Bonchev–Trinajstić information content (AvgIpc) is 3.14. The normalized spacial score (nSPS) is 17.6.